The van der Waals surface area contributed by atoms with E-state index in [1.165, 1.54) is 0 Å². The molecule has 0 aromatic carbocycles. The van der Waals surface area contributed by atoms with Crippen molar-refractivity contribution in [2.24, 2.45) is 13.0 Å². The summed E-state index contributed by atoms with van der Waals surface area (Å²) < 4.78 is 1.72. The van der Waals surface area contributed by atoms with E-state index in [1.807, 2.05) is 50.6 Å². The van der Waals surface area contributed by atoms with Crippen LogP contribution in [-0.2, 0) is 11.8 Å². The SMILES string of the molecule is Cc1cc(C(=O)N2CCN(C(=O)C(C)C)CC2)c2c(C)nn(C)c2n1. The summed E-state index contributed by atoms with van der Waals surface area (Å²) in [6, 6.07) is 1.84. The molecule has 0 aliphatic carbocycles. The molecule has 2 aromatic heterocycles. The number of rotatable bonds is 2. The number of carbonyl (C=O) groups excluding carboxylic acids is 2. The fourth-order valence-electron chi connectivity index (χ4n) is 3.40. The Morgan fingerprint density at radius 2 is 1.68 bits per heavy atom. The van der Waals surface area contributed by atoms with Gasteiger partial charge in [0.1, 0.15) is 0 Å². The average molecular weight is 343 g/mol. The van der Waals surface area contributed by atoms with E-state index in [9.17, 15) is 9.59 Å². The van der Waals surface area contributed by atoms with Gasteiger partial charge in [-0.25, -0.2) is 4.98 Å². The molecule has 0 spiro atoms. The van der Waals surface area contributed by atoms with E-state index in [0.29, 0.717) is 31.7 Å². The zero-order chi connectivity index (χ0) is 18.3. The van der Waals surface area contributed by atoms with Crippen LogP contribution in [0.15, 0.2) is 6.07 Å². The minimum atomic E-state index is -0.0113. The molecule has 134 valence electrons. The predicted octanol–water partition coefficient (Wildman–Crippen LogP) is 1.53. The van der Waals surface area contributed by atoms with Gasteiger partial charge in [-0.1, -0.05) is 13.8 Å². The Labute approximate surface area is 147 Å². The van der Waals surface area contributed by atoms with Crippen LogP contribution in [0.2, 0.25) is 0 Å². The molecule has 25 heavy (non-hydrogen) atoms. The summed E-state index contributed by atoms with van der Waals surface area (Å²) in [6.07, 6.45) is 0. The molecule has 1 saturated heterocycles. The van der Waals surface area contributed by atoms with Gasteiger partial charge in [-0.3, -0.25) is 14.3 Å². The van der Waals surface area contributed by atoms with Gasteiger partial charge in [0.2, 0.25) is 5.91 Å². The second-order valence-corrected chi connectivity index (χ2v) is 6.99. The van der Waals surface area contributed by atoms with E-state index in [2.05, 4.69) is 10.1 Å². The summed E-state index contributed by atoms with van der Waals surface area (Å²) in [7, 11) is 1.84. The van der Waals surface area contributed by atoms with Crippen molar-refractivity contribution < 1.29 is 9.59 Å². The van der Waals surface area contributed by atoms with Crippen LogP contribution in [-0.4, -0.2) is 62.6 Å². The first kappa shape index (κ1) is 17.4. The molecule has 1 fully saturated rings. The van der Waals surface area contributed by atoms with E-state index in [1.54, 1.807) is 4.68 Å². The highest BCUT2D eigenvalue weighted by molar-refractivity contribution is 6.06. The van der Waals surface area contributed by atoms with E-state index < -0.39 is 0 Å². The van der Waals surface area contributed by atoms with Gasteiger partial charge in [0.15, 0.2) is 5.65 Å². The van der Waals surface area contributed by atoms with Crippen molar-refractivity contribution in [3.63, 3.8) is 0 Å². The van der Waals surface area contributed by atoms with Gasteiger partial charge in [-0.05, 0) is 19.9 Å². The summed E-state index contributed by atoms with van der Waals surface area (Å²) >= 11 is 0. The highest BCUT2D eigenvalue weighted by Gasteiger charge is 2.28. The molecule has 0 N–H and O–H groups in total. The number of nitrogens with zero attached hydrogens (tertiary/aromatic N) is 5. The minimum absolute atomic E-state index is 0.0109. The number of amides is 2. The number of carbonyl (C=O) groups is 2. The monoisotopic (exact) mass is 343 g/mol. The molecule has 7 heteroatoms. The first-order valence-corrected chi connectivity index (χ1v) is 8.68. The summed E-state index contributed by atoms with van der Waals surface area (Å²) in [5, 5.41) is 5.22. The number of aromatic nitrogens is 3. The molecule has 0 saturated carbocycles. The Hall–Kier alpha value is -2.44. The minimum Gasteiger partial charge on any atom is -0.339 e. The van der Waals surface area contributed by atoms with Crippen molar-refractivity contribution in [2.75, 3.05) is 26.2 Å². The molecule has 3 rings (SSSR count). The van der Waals surface area contributed by atoms with Crippen molar-refractivity contribution in [3.05, 3.63) is 23.0 Å². The molecular formula is C18H25N5O2. The van der Waals surface area contributed by atoms with Crippen molar-refractivity contribution in [1.82, 2.24) is 24.6 Å². The molecule has 7 nitrogen and oxygen atoms in total. The van der Waals surface area contributed by atoms with Gasteiger partial charge in [0.05, 0.1) is 16.6 Å². The molecule has 3 heterocycles. The van der Waals surface area contributed by atoms with Crippen LogP contribution in [0.25, 0.3) is 11.0 Å². The number of fused-ring (bicyclic) bond motifs is 1. The average Bonchev–Trinajstić information content (AvgIpc) is 2.87. The van der Waals surface area contributed by atoms with Crippen molar-refractivity contribution >= 4 is 22.8 Å². The van der Waals surface area contributed by atoms with Gasteiger partial charge in [-0.2, -0.15) is 5.10 Å². The number of piperazine rings is 1. The van der Waals surface area contributed by atoms with Gasteiger partial charge < -0.3 is 9.80 Å². The van der Waals surface area contributed by atoms with E-state index >= 15 is 0 Å². The third-order valence-electron chi connectivity index (χ3n) is 4.70. The topological polar surface area (TPSA) is 71.3 Å². The summed E-state index contributed by atoms with van der Waals surface area (Å²) in [6.45, 7) is 9.87. The molecule has 0 unspecified atom stereocenters. The Balaban J connectivity index is 1.86. The van der Waals surface area contributed by atoms with Crippen LogP contribution < -0.4 is 0 Å². The van der Waals surface area contributed by atoms with Crippen LogP contribution in [0.4, 0.5) is 0 Å². The summed E-state index contributed by atoms with van der Waals surface area (Å²) in [4.78, 5) is 33.4. The molecule has 0 atom stereocenters. The Morgan fingerprint density at radius 1 is 1.08 bits per heavy atom. The Kier molecular flexibility index (Phi) is 4.49. The van der Waals surface area contributed by atoms with Crippen LogP contribution in [0.5, 0.6) is 0 Å². The number of pyridine rings is 1. The lowest BCUT2D eigenvalue weighted by Gasteiger charge is -2.35. The molecule has 0 bridgehead atoms. The van der Waals surface area contributed by atoms with E-state index in [-0.39, 0.29) is 17.7 Å². The standard InChI is InChI=1S/C18H25N5O2/c1-11(2)17(24)22-6-8-23(9-7-22)18(25)14-10-12(3)19-16-15(14)13(4)20-21(16)5/h10-11H,6-9H2,1-5H3. The van der Waals surface area contributed by atoms with Crippen LogP contribution in [0.3, 0.4) is 0 Å². The molecule has 0 radical (unpaired) electrons. The fourth-order valence-corrected chi connectivity index (χ4v) is 3.40. The predicted molar refractivity (Wildman–Crippen MR) is 95.3 cm³/mol. The zero-order valence-electron chi connectivity index (χ0n) is 15.5. The number of hydrogen-bond acceptors (Lipinski definition) is 4. The quantitative estimate of drug-likeness (QED) is 0.829. The third-order valence-corrected chi connectivity index (χ3v) is 4.70. The zero-order valence-corrected chi connectivity index (χ0v) is 15.5. The third kappa shape index (κ3) is 3.10. The lowest BCUT2D eigenvalue weighted by atomic mass is 10.1. The van der Waals surface area contributed by atoms with Gasteiger partial charge >= 0.3 is 0 Å². The highest BCUT2D eigenvalue weighted by Crippen LogP contribution is 2.23. The van der Waals surface area contributed by atoms with Crippen LogP contribution in [0.1, 0.15) is 35.6 Å². The summed E-state index contributed by atoms with van der Waals surface area (Å²) in [5.74, 6) is 0.128. The molecular weight excluding hydrogens is 318 g/mol. The first-order chi connectivity index (χ1) is 11.8. The fraction of sp³-hybridized carbons (Fsp3) is 0.556. The van der Waals surface area contributed by atoms with Crippen molar-refractivity contribution in [2.45, 2.75) is 27.7 Å². The Bertz CT molecular complexity index is 832. The molecule has 1 aliphatic heterocycles. The van der Waals surface area contributed by atoms with Gasteiger partial charge in [0, 0.05) is 44.8 Å². The van der Waals surface area contributed by atoms with E-state index in [0.717, 1.165) is 22.4 Å². The maximum Gasteiger partial charge on any atom is 0.254 e. The van der Waals surface area contributed by atoms with Gasteiger partial charge in [0.25, 0.3) is 5.91 Å². The highest BCUT2D eigenvalue weighted by atomic mass is 16.2. The normalized spacial score (nSPS) is 15.3. The number of hydrogen-bond donors (Lipinski definition) is 0. The molecule has 2 aromatic rings. The summed E-state index contributed by atoms with van der Waals surface area (Å²) in [5.41, 5.74) is 2.99. The Morgan fingerprint density at radius 3 is 2.28 bits per heavy atom. The lowest BCUT2D eigenvalue weighted by Crippen LogP contribution is -2.51. The van der Waals surface area contributed by atoms with Crippen molar-refractivity contribution in [3.8, 4) is 0 Å². The molecule has 2 amide bonds. The van der Waals surface area contributed by atoms with Crippen LogP contribution >= 0.6 is 0 Å². The first-order valence-electron chi connectivity index (χ1n) is 8.68. The second kappa shape index (κ2) is 6.46. The van der Waals surface area contributed by atoms with Crippen molar-refractivity contribution in [1.29, 1.82) is 0 Å². The smallest absolute Gasteiger partial charge is 0.254 e. The molecule has 1 aliphatic rings. The van der Waals surface area contributed by atoms with Crippen LogP contribution in [0, 0.1) is 19.8 Å². The van der Waals surface area contributed by atoms with Gasteiger partial charge in [-0.15, -0.1) is 0 Å². The lowest BCUT2D eigenvalue weighted by molar-refractivity contribution is -0.135. The maximum absolute atomic E-state index is 13.1. The van der Waals surface area contributed by atoms with E-state index in [4.69, 9.17) is 0 Å². The number of aryl methyl sites for hydroxylation is 3. The second-order valence-electron chi connectivity index (χ2n) is 6.99. The maximum atomic E-state index is 13.1. The largest absolute Gasteiger partial charge is 0.339 e.